The molecule has 0 saturated carbocycles. The van der Waals surface area contributed by atoms with Gasteiger partial charge in [-0.15, -0.1) is 0 Å². The van der Waals surface area contributed by atoms with Crippen LogP contribution in [0.5, 0.6) is 0 Å². The highest BCUT2D eigenvalue weighted by molar-refractivity contribution is 6.00. The van der Waals surface area contributed by atoms with Crippen LogP contribution in [0.15, 0.2) is 24.4 Å². The SMILES string of the molecule is CC[C@H]1OC(=O)[C@H](C)C(=O)[C@H](C)[C@@H](O[C@@H]2O[C@H](C)C[C@H](N(C)C)[C@H]2O)[C@](C)(OCC(O)CNCCCCc2ccccn2)C[C@@H](C)NC(=O)[C@H](C)[C@@H](O)[C@]1(C)O. The molecule has 1 unspecified atom stereocenters. The first-order valence-electron chi connectivity index (χ1n) is 20.3. The summed E-state index contributed by atoms with van der Waals surface area (Å²) in [7, 11) is 3.69. The number of hydrogen-bond donors (Lipinski definition) is 6. The molecule has 3 heterocycles. The van der Waals surface area contributed by atoms with Crippen molar-refractivity contribution < 1.29 is 53.8 Å². The molecule has 2 aliphatic heterocycles. The van der Waals surface area contributed by atoms with Gasteiger partial charge < -0.3 is 54.9 Å². The van der Waals surface area contributed by atoms with Crippen LogP contribution in [0.1, 0.15) is 93.2 Å². The van der Waals surface area contributed by atoms with Crippen LogP contribution in [-0.2, 0) is 39.8 Å². The van der Waals surface area contributed by atoms with Crippen LogP contribution in [0.4, 0.5) is 0 Å². The van der Waals surface area contributed by atoms with Crippen molar-refractivity contribution in [3.8, 4) is 0 Å². The van der Waals surface area contributed by atoms with Gasteiger partial charge in [-0.05, 0) is 106 Å². The number of aliphatic hydroxyl groups excluding tert-OH is 3. The van der Waals surface area contributed by atoms with E-state index < -0.39 is 89.5 Å². The molecule has 0 bridgehead atoms. The Labute approximate surface area is 333 Å². The molecule has 6 N–H and O–H groups in total. The van der Waals surface area contributed by atoms with E-state index in [1.165, 1.54) is 20.8 Å². The number of aryl methyl sites for hydroxylation is 1. The number of cyclic esters (lactones) is 1. The molecule has 0 aromatic carbocycles. The van der Waals surface area contributed by atoms with Gasteiger partial charge in [-0.3, -0.25) is 19.4 Å². The summed E-state index contributed by atoms with van der Waals surface area (Å²) in [5.41, 5.74) is -2.44. The van der Waals surface area contributed by atoms with Gasteiger partial charge in [0.25, 0.3) is 0 Å². The monoisotopic (exact) mass is 795 g/mol. The van der Waals surface area contributed by atoms with Gasteiger partial charge in [-0.25, -0.2) is 0 Å². The number of carbonyl (C=O) groups is 3. The molecule has 0 radical (unpaired) electrons. The summed E-state index contributed by atoms with van der Waals surface area (Å²) >= 11 is 0. The molecular formula is C41H70N4O11. The van der Waals surface area contributed by atoms with Crippen LogP contribution in [0.2, 0.25) is 0 Å². The Morgan fingerprint density at radius 1 is 1.07 bits per heavy atom. The predicted molar refractivity (Wildman–Crippen MR) is 209 cm³/mol. The van der Waals surface area contributed by atoms with Gasteiger partial charge >= 0.3 is 5.97 Å². The van der Waals surface area contributed by atoms with Crippen LogP contribution in [0.3, 0.4) is 0 Å². The minimum atomic E-state index is -2.03. The number of ether oxygens (including phenoxy) is 4. The number of nitrogens with zero attached hydrogens (tertiary/aromatic N) is 2. The molecule has 1 amide bonds. The van der Waals surface area contributed by atoms with E-state index in [1.54, 1.807) is 33.9 Å². The molecule has 2 fully saturated rings. The topological polar surface area (TPSA) is 209 Å². The highest BCUT2D eigenvalue weighted by atomic mass is 16.7. The molecule has 15 heteroatoms. The number of esters is 1. The number of likely N-dealkylation sites (N-methyl/N-ethyl adjacent to an activating group) is 1. The molecule has 320 valence electrons. The lowest BCUT2D eigenvalue weighted by Gasteiger charge is -2.47. The second kappa shape index (κ2) is 21.4. The Bertz CT molecular complexity index is 1390. The first kappa shape index (κ1) is 47.8. The average molecular weight is 795 g/mol. The predicted octanol–water partition coefficient (Wildman–Crippen LogP) is 1.76. The minimum Gasteiger partial charge on any atom is -0.459 e. The van der Waals surface area contributed by atoms with E-state index in [1.807, 2.05) is 44.1 Å². The molecule has 1 aromatic heterocycles. The lowest BCUT2D eigenvalue weighted by molar-refractivity contribution is -0.298. The largest absolute Gasteiger partial charge is 0.459 e. The zero-order chi connectivity index (χ0) is 42.0. The fraction of sp³-hybridized carbons (Fsp3) is 0.805. The van der Waals surface area contributed by atoms with Crippen LogP contribution in [0.25, 0.3) is 0 Å². The lowest BCUT2D eigenvalue weighted by Crippen LogP contribution is -2.60. The van der Waals surface area contributed by atoms with Crippen molar-refractivity contribution in [1.82, 2.24) is 20.5 Å². The third-order valence-corrected chi connectivity index (χ3v) is 11.5. The fourth-order valence-corrected chi connectivity index (χ4v) is 7.95. The zero-order valence-corrected chi connectivity index (χ0v) is 35.1. The first-order chi connectivity index (χ1) is 26.2. The minimum absolute atomic E-state index is 0.0415. The van der Waals surface area contributed by atoms with Crippen LogP contribution < -0.4 is 10.6 Å². The summed E-state index contributed by atoms with van der Waals surface area (Å²) in [6.07, 6.45) is -2.57. The van der Waals surface area contributed by atoms with Gasteiger partial charge in [0.05, 0.1) is 42.5 Å². The first-order valence-corrected chi connectivity index (χ1v) is 20.3. The number of carbonyl (C=O) groups excluding carboxylic acids is 3. The lowest BCUT2D eigenvalue weighted by atomic mass is 9.79. The molecule has 2 saturated heterocycles. The number of unbranched alkanes of at least 4 members (excludes halogenated alkanes) is 1. The molecule has 3 rings (SSSR count). The number of Topliss-reactive ketones (excluding diaryl/α,β-unsaturated/α-hetero) is 1. The number of rotatable bonds is 14. The number of aliphatic hydroxyl groups is 4. The molecule has 0 aliphatic carbocycles. The van der Waals surface area contributed by atoms with Crippen molar-refractivity contribution >= 4 is 17.7 Å². The molecule has 1 aromatic rings. The third kappa shape index (κ3) is 12.7. The smallest absolute Gasteiger partial charge is 0.316 e. The fourth-order valence-electron chi connectivity index (χ4n) is 7.95. The van der Waals surface area contributed by atoms with E-state index in [9.17, 15) is 34.8 Å². The molecular weight excluding hydrogens is 724 g/mol. The molecule has 56 heavy (non-hydrogen) atoms. The second-order valence-electron chi connectivity index (χ2n) is 16.7. The maximum absolute atomic E-state index is 14.3. The number of amides is 1. The summed E-state index contributed by atoms with van der Waals surface area (Å²) in [6, 6.07) is 4.85. The third-order valence-electron chi connectivity index (χ3n) is 11.5. The molecule has 2 aliphatic rings. The number of hydrogen-bond acceptors (Lipinski definition) is 14. The van der Waals surface area contributed by atoms with Crippen LogP contribution >= 0.6 is 0 Å². The summed E-state index contributed by atoms with van der Waals surface area (Å²) in [6.45, 7) is 13.4. The van der Waals surface area contributed by atoms with Gasteiger partial charge in [0.15, 0.2) is 12.1 Å². The zero-order valence-electron chi connectivity index (χ0n) is 35.1. The Balaban J connectivity index is 1.95. The van der Waals surface area contributed by atoms with Crippen LogP contribution in [-0.4, -0.2) is 148 Å². The van der Waals surface area contributed by atoms with Gasteiger partial charge in [0.1, 0.15) is 23.7 Å². The summed E-state index contributed by atoms with van der Waals surface area (Å²) in [4.78, 5) is 47.7. The highest BCUT2D eigenvalue weighted by Crippen LogP contribution is 2.36. The van der Waals surface area contributed by atoms with Crippen LogP contribution in [0, 0.1) is 17.8 Å². The maximum atomic E-state index is 14.3. The van der Waals surface area contributed by atoms with E-state index in [-0.39, 0.29) is 38.1 Å². The summed E-state index contributed by atoms with van der Waals surface area (Å²) in [5.74, 6) is -5.57. The standard InChI is InChI=1S/C41H70N4O11/c1-11-32-41(8,52)35(49)28(6)37(50)44-24(2)21-40(7,53-23-30(46)22-42-18-14-12-16-29-17-13-15-19-43-29)36(26(4)33(47)27(5)38(51)55-32)56-39-34(48)31(45(9)10)20-25(3)54-39/h13,15,17,19,24-28,30-32,34-36,39,42,46,48-49,52H,11-12,14,16,18,20-23H2,1-10H3,(H,44,50)/t24-,25-,26+,27-,28-,30?,31+,32-,34-,35-,36-,39+,40-,41-/m1/s1. The van der Waals surface area contributed by atoms with E-state index in [0.29, 0.717) is 13.0 Å². The maximum Gasteiger partial charge on any atom is 0.316 e. The number of nitrogens with one attached hydrogen (secondary N) is 2. The Kier molecular flexibility index (Phi) is 18.3. The Morgan fingerprint density at radius 3 is 2.39 bits per heavy atom. The van der Waals surface area contributed by atoms with Crippen molar-refractivity contribution in [1.29, 1.82) is 0 Å². The van der Waals surface area contributed by atoms with E-state index >= 15 is 0 Å². The van der Waals surface area contributed by atoms with E-state index in [4.69, 9.17) is 18.9 Å². The number of pyridine rings is 1. The normalized spacial score (nSPS) is 37.3. The highest BCUT2D eigenvalue weighted by Gasteiger charge is 2.51. The van der Waals surface area contributed by atoms with Crippen molar-refractivity contribution in [2.24, 2.45) is 17.8 Å². The Morgan fingerprint density at radius 2 is 1.77 bits per heavy atom. The molecule has 14 atom stereocenters. The number of aromatic nitrogens is 1. The summed E-state index contributed by atoms with van der Waals surface area (Å²) < 4.78 is 25.0. The van der Waals surface area contributed by atoms with Gasteiger partial charge in [0, 0.05) is 36.4 Å². The second-order valence-corrected chi connectivity index (χ2v) is 16.7. The van der Waals surface area contributed by atoms with Crippen molar-refractivity contribution in [2.45, 2.75) is 160 Å². The number of ketones is 1. The van der Waals surface area contributed by atoms with Gasteiger partial charge in [0.2, 0.25) is 5.91 Å². The molecule has 15 nitrogen and oxygen atoms in total. The van der Waals surface area contributed by atoms with Crippen molar-refractivity contribution in [3.05, 3.63) is 30.1 Å². The Hall–Kier alpha value is -2.60. The quantitative estimate of drug-likeness (QED) is 0.0902. The average Bonchev–Trinajstić information content (AvgIpc) is 3.15. The van der Waals surface area contributed by atoms with Crippen molar-refractivity contribution in [2.75, 3.05) is 33.8 Å². The van der Waals surface area contributed by atoms with E-state index in [2.05, 4.69) is 15.6 Å². The van der Waals surface area contributed by atoms with Gasteiger partial charge in [-0.2, -0.15) is 0 Å². The molecule has 0 spiro atoms. The van der Waals surface area contributed by atoms with E-state index in [0.717, 1.165) is 25.0 Å². The summed E-state index contributed by atoms with van der Waals surface area (Å²) in [5, 5.41) is 51.5. The van der Waals surface area contributed by atoms with Gasteiger partial charge in [-0.1, -0.05) is 26.8 Å². The van der Waals surface area contributed by atoms with Crippen molar-refractivity contribution in [3.63, 3.8) is 0 Å².